The molecular weight excluding hydrogens is 274 g/mol. The fraction of sp³-hybridized carbons (Fsp3) is 0.714. The molecule has 1 amide bonds. The normalized spacial score (nSPS) is 30.2. The maximum atomic E-state index is 11.3. The lowest BCUT2D eigenvalue weighted by Crippen LogP contribution is -2.59. The van der Waals surface area contributed by atoms with Crippen LogP contribution in [0.3, 0.4) is 0 Å². The Balaban J connectivity index is 2.10. The van der Waals surface area contributed by atoms with Gasteiger partial charge in [-0.15, -0.1) is 0 Å². The zero-order valence-corrected chi connectivity index (χ0v) is 12.2. The molecule has 1 saturated heterocycles. The van der Waals surface area contributed by atoms with Gasteiger partial charge in [0.1, 0.15) is 6.10 Å². The molecule has 0 bridgehead atoms. The number of piperidine rings is 1. The van der Waals surface area contributed by atoms with Gasteiger partial charge in [0.15, 0.2) is 0 Å². The number of hydrogen-bond acceptors (Lipinski definition) is 5. The van der Waals surface area contributed by atoms with Crippen LogP contribution in [0.2, 0.25) is 0 Å². The molecule has 21 heavy (non-hydrogen) atoms. The number of amides is 1. The van der Waals surface area contributed by atoms with E-state index in [4.69, 9.17) is 15.6 Å². The summed E-state index contributed by atoms with van der Waals surface area (Å²) >= 11 is 0. The third-order valence-electron chi connectivity index (χ3n) is 3.90. The number of carboxylic acids is 1. The smallest absolute Gasteiger partial charge is 0.370 e. The second kappa shape index (κ2) is 6.91. The van der Waals surface area contributed by atoms with E-state index in [1.165, 1.54) is 19.4 Å². The molecule has 1 fully saturated rings. The molecule has 118 valence electrons. The number of rotatable bonds is 4. The summed E-state index contributed by atoms with van der Waals surface area (Å²) in [5.41, 5.74) is 6.00. The second-order valence-electron chi connectivity index (χ2n) is 5.66. The van der Waals surface area contributed by atoms with Gasteiger partial charge in [0, 0.05) is 13.5 Å². The van der Waals surface area contributed by atoms with Crippen LogP contribution >= 0.6 is 0 Å². The minimum atomic E-state index is -1.13. The number of nitrogens with zero attached hydrogens (tertiary/aromatic N) is 1. The number of nitrogens with two attached hydrogens (primary N) is 1. The molecule has 3 atom stereocenters. The lowest BCUT2D eigenvalue weighted by molar-refractivity contribution is -0.139. The molecule has 0 aromatic carbocycles. The fourth-order valence-electron chi connectivity index (χ4n) is 2.89. The topological polar surface area (TPSA) is 105 Å². The Kier molecular flexibility index (Phi) is 5.19. The molecular formula is C14H23N3O4. The van der Waals surface area contributed by atoms with Crippen molar-refractivity contribution in [1.82, 2.24) is 10.2 Å². The van der Waals surface area contributed by atoms with Gasteiger partial charge >= 0.3 is 5.97 Å². The van der Waals surface area contributed by atoms with Gasteiger partial charge in [0.2, 0.25) is 11.7 Å². The molecule has 0 unspecified atom stereocenters. The summed E-state index contributed by atoms with van der Waals surface area (Å²) in [6.07, 6.45) is 4.39. The van der Waals surface area contributed by atoms with E-state index in [1.54, 1.807) is 0 Å². The van der Waals surface area contributed by atoms with E-state index in [0.29, 0.717) is 6.54 Å². The lowest BCUT2D eigenvalue weighted by Gasteiger charge is -2.38. The standard InChI is InChI=1S/C14H23N3O4/c1-9(18)16-13-10(15)7-11(14(19)20)21-12(13)8-17-5-3-2-4-6-17/h7,10,12-13H,2-6,8,15H2,1H3,(H,16,18)(H,19,20)/t10-,12-,13+/m0/s1. The van der Waals surface area contributed by atoms with Crippen LogP contribution in [0.4, 0.5) is 0 Å². The third-order valence-corrected chi connectivity index (χ3v) is 3.90. The average Bonchev–Trinajstić information content (AvgIpc) is 2.43. The van der Waals surface area contributed by atoms with Crippen LogP contribution in [0.1, 0.15) is 26.2 Å². The number of hydrogen-bond donors (Lipinski definition) is 3. The van der Waals surface area contributed by atoms with Crippen LogP contribution in [0.15, 0.2) is 11.8 Å². The van der Waals surface area contributed by atoms with E-state index in [-0.39, 0.29) is 11.7 Å². The summed E-state index contributed by atoms with van der Waals surface area (Å²) in [6, 6.07) is -0.976. The Bertz CT molecular complexity index is 432. The Morgan fingerprint density at radius 1 is 1.43 bits per heavy atom. The van der Waals surface area contributed by atoms with Gasteiger partial charge in [-0.3, -0.25) is 9.69 Å². The van der Waals surface area contributed by atoms with Crippen molar-refractivity contribution in [3.63, 3.8) is 0 Å². The second-order valence-corrected chi connectivity index (χ2v) is 5.66. The van der Waals surface area contributed by atoms with Crippen LogP contribution in [0.25, 0.3) is 0 Å². The molecule has 0 radical (unpaired) electrons. The third kappa shape index (κ3) is 4.18. The molecule has 0 aliphatic carbocycles. The number of carbonyl (C=O) groups excluding carboxylic acids is 1. The van der Waals surface area contributed by atoms with E-state index in [2.05, 4.69) is 10.2 Å². The maximum Gasteiger partial charge on any atom is 0.370 e. The zero-order valence-electron chi connectivity index (χ0n) is 12.2. The predicted octanol–water partition coefficient (Wildman–Crippen LogP) is -0.328. The van der Waals surface area contributed by atoms with E-state index < -0.39 is 24.2 Å². The van der Waals surface area contributed by atoms with Crippen LogP contribution < -0.4 is 11.1 Å². The van der Waals surface area contributed by atoms with Crippen molar-refractivity contribution >= 4 is 11.9 Å². The van der Waals surface area contributed by atoms with E-state index in [9.17, 15) is 9.59 Å². The quantitative estimate of drug-likeness (QED) is 0.656. The molecule has 4 N–H and O–H groups in total. The molecule has 0 saturated carbocycles. The molecule has 0 aromatic rings. The van der Waals surface area contributed by atoms with Gasteiger partial charge in [-0.1, -0.05) is 6.42 Å². The first-order chi connectivity index (χ1) is 9.97. The number of carboxylic acid groups (broad SMARTS) is 1. The number of likely N-dealkylation sites (tertiary alicyclic amines) is 1. The Hall–Kier alpha value is -1.60. The van der Waals surface area contributed by atoms with Crippen molar-refractivity contribution in [2.24, 2.45) is 5.73 Å². The molecule has 7 nitrogen and oxygen atoms in total. The highest BCUT2D eigenvalue weighted by Crippen LogP contribution is 2.20. The molecule has 0 aromatic heterocycles. The predicted molar refractivity (Wildman–Crippen MR) is 76.5 cm³/mol. The van der Waals surface area contributed by atoms with E-state index in [0.717, 1.165) is 25.9 Å². The van der Waals surface area contributed by atoms with E-state index in [1.807, 2.05) is 0 Å². The van der Waals surface area contributed by atoms with Crippen LogP contribution in [0.5, 0.6) is 0 Å². The van der Waals surface area contributed by atoms with Gasteiger partial charge < -0.3 is 20.9 Å². The first kappa shape index (κ1) is 15.8. The Morgan fingerprint density at radius 2 is 2.10 bits per heavy atom. The van der Waals surface area contributed by atoms with Gasteiger partial charge in [-0.05, 0) is 32.0 Å². The number of aliphatic carboxylic acids is 1. The molecule has 2 heterocycles. The highest BCUT2D eigenvalue weighted by atomic mass is 16.5. The van der Waals surface area contributed by atoms with Crippen molar-refractivity contribution in [3.8, 4) is 0 Å². The van der Waals surface area contributed by atoms with Crippen molar-refractivity contribution in [2.75, 3.05) is 19.6 Å². The van der Waals surface area contributed by atoms with Gasteiger partial charge in [0.25, 0.3) is 0 Å². The largest absolute Gasteiger partial charge is 0.480 e. The summed E-state index contributed by atoms with van der Waals surface area (Å²) in [7, 11) is 0. The van der Waals surface area contributed by atoms with Crippen LogP contribution in [-0.4, -0.2) is 59.7 Å². The van der Waals surface area contributed by atoms with Crippen molar-refractivity contribution in [3.05, 3.63) is 11.8 Å². The highest BCUT2D eigenvalue weighted by molar-refractivity contribution is 5.84. The molecule has 2 rings (SSSR count). The van der Waals surface area contributed by atoms with Gasteiger partial charge in [-0.2, -0.15) is 0 Å². The van der Waals surface area contributed by atoms with Crippen LogP contribution in [-0.2, 0) is 14.3 Å². The number of nitrogens with one attached hydrogen (secondary N) is 1. The zero-order chi connectivity index (χ0) is 15.4. The van der Waals surface area contributed by atoms with Crippen molar-refractivity contribution in [1.29, 1.82) is 0 Å². The molecule has 7 heteroatoms. The summed E-state index contributed by atoms with van der Waals surface area (Å²) in [5.74, 6) is -1.46. The average molecular weight is 297 g/mol. The van der Waals surface area contributed by atoms with Crippen LogP contribution in [0, 0.1) is 0 Å². The summed E-state index contributed by atoms with van der Waals surface area (Å²) in [6.45, 7) is 3.92. The minimum absolute atomic E-state index is 0.133. The summed E-state index contributed by atoms with van der Waals surface area (Å²) < 4.78 is 5.56. The van der Waals surface area contributed by atoms with Crippen molar-refractivity contribution < 1.29 is 19.4 Å². The van der Waals surface area contributed by atoms with Gasteiger partial charge in [-0.25, -0.2) is 4.79 Å². The van der Waals surface area contributed by atoms with E-state index >= 15 is 0 Å². The molecule has 2 aliphatic rings. The highest BCUT2D eigenvalue weighted by Gasteiger charge is 2.36. The summed E-state index contributed by atoms with van der Waals surface area (Å²) in [5, 5.41) is 11.9. The first-order valence-electron chi connectivity index (χ1n) is 7.34. The number of ether oxygens (including phenoxy) is 1. The molecule has 0 spiro atoms. The number of carbonyl (C=O) groups is 2. The molecule has 2 aliphatic heterocycles. The first-order valence-corrected chi connectivity index (χ1v) is 7.34. The van der Waals surface area contributed by atoms with Crippen molar-refractivity contribution in [2.45, 2.75) is 44.4 Å². The van der Waals surface area contributed by atoms with Gasteiger partial charge in [0.05, 0.1) is 12.1 Å². The lowest BCUT2D eigenvalue weighted by atomic mass is 9.97. The summed E-state index contributed by atoms with van der Waals surface area (Å²) in [4.78, 5) is 24.7. The monoisotopic (exact) mass is 297 g/mol. The maximum absolute atomic E-state index is 11.3. The SMILES string of the molecule is CC(=O)N[C@H]1[C@H](CN2CCCCC2)OC(C(=O)O)=C[C@@H]1N. The minimum Gasteiger partial charge on any atom is -0.480 e. The Morgan fingerprint density at radius 3 is 2.67 bits per heavy atom. The Labute approximate surface area is 124 Å². The fourth-order valence-corrected chi connectivity index (χ4v) is 2.89.